The maximum Gasteiger partial charge on any atom is 0.338 e. The Hall–Kier alpha value is -2.10. The minimum Gasteiger partial charge on any atom is -0.507 e. The Kier molecular flexibility index (Phi) is 2.95. The van der Waals surface area contributed by atoms with Gasteiger partial charge >= 0.3 is 5.97 Å². The largest absolute Gasteiger partial charge is 0.507 e. The lowest BCUT2D eigenvalue weighted by molar-refractivity contribution is 0.0600. The third-order valence-electron chi connectivity index (χ3n) is 3.29. The van der Waals surface area contributed by atoms with Crippen LogP contribution in [0, 0.1) is 20.8 Å². The van der Waals surface area contributed by atoms with Crippen LogP contribution in [-0.2, 0) is 4.74 Å². The summed E-state index contributed by atoms with van der Waals surface area (Å²) in [7, 11) is 1.31. The number of carbonyl (C=O) groups is 1. The van der Waals surface area contributed by atoms with Gasteiger partial charge in [0.2, 0.25) is 0 Å². The van der Waals surface area contributed by atoms with Crippen LogP contribution < -0.4 is 0 Å². The quantitative estimate of drug-likeness (QED) is 0.785. The highest BCUT2D eigenvalue weighted by molar-refractivity contribution is 5.98. The first kappa shape index (κ1) is 12.4. The molecule has 0 bridgehead atoms. The van der Waals surface area contributed by atoms with Gasteiger partial charge in [-0.15, -0.1) is 0 Å². The lowest BCUT2D eigenvalue weighted by Crippen LogP contribution is -2.02. The molecule has 0 atom stereocenters. The summed E-state index contributed by atoms with van der Waals surface area (Å²) >= 11 is 0. The van der Waals surface area contributed by atoms with E-state index in [0.717, 1.165) is 16.8 Å². The van der Waals surface area contributed by atoms with Crippen LogP contribution in [0.1, 0.15) is 27.2 Å². The fraction of sp³-hybridized carbons (Fsp3) is 0.286. The molecular formula is C14H15NO3. The number of methoxy groups -OCH3 is 1. The fourth-order valence-corrected chi connectivity index (χ4v) is 2.04. The van der Waals surface area contributed by atoms with Gasteiger partial charge in [-0.25, -0.2) is 4.79 Å². The van der Waals surface area contributed by atoms with E-state index in [9.17, 15) is 9.90 Å². The summed E-state index contributed by atoms with van der Waals surface area (Å²) in [6.45, 7) is 5.80. The molecule has 1 heterocycles. The number of fused-ring (bicyclic) bond motifs is 1. The summed E-state index contributed by atoms with van der Waals surface area (Å²) in [5, 5.41) is 10.7. The zero-order valence-corrected chi connectivity index (χ0v) is 10.9. The van der Waals surface area contributed by atoms with Gasteiger partial charge in [-0.1, -0.05) is 0 Å². The van der Waals surface area contributed by atoms with Crippen LogP contribution in [0.4, 0.5) is 0 Å². The van der Waals surface area contributed by atoms with E-state index in [0.29, 0.717) is 16.5 Å². The minimum absolute atomic E-state index is 0.0565. The normalized spacial score (nSPS) is 10.7. The molecule has 0 unspecified atom stereocenters. The number of hydrogen-bond donors (Lipinski definition) is 1. The van der Waals surface area contributed by atoms with Crippen LogP contribution in [-0.4, -0.2) is 23.2 Å². The molecule has 0 aliphatic heterocycles. The molecule has 94 valence electrons. The predicted octanol–water partition coefficient (Wildman–Crippen LogP) is 2.65. The molecule has 1 aromatic heterocycles. The summed E-state index contributed by atoms with van der Waals surface area (Å²) in [6, 6.07) is 3.05. The van der Waals surface area contributed by atoms with E-state index in [1.165, 1.54) is 13.2 Å². The number of benzene rings is 1. The van der Waals surface area contributed by atoms with Gasteiger partial charge in [0, 0.05) is 11.1 Å². The molecule has 0 fully saturated rings. The van der Waals surface area contributed by atoms with E-state index in [-0.39, 0.29) is 5.75 Å². The van der Waals surface area contributed by atoms with Gasteiger partial charge in [-0.2, -0.15) is 0 Å². The van der Waals surface area contributed by atoms with Crippen LogP contribution in [0.15, 0.2) is 12.1 Å². The molecule has 4 nitrogen and oxygen atoms in total. The maximum absolute atomic E-state index is 11.5. The van der Waals surface area contributed by atoms with Crippen molar-refractivity contribution in [2.45, 2.75) is 20.8 Å². The van der Waals surface area contributed by atoms with Crippen molar-refractivity contribution in [3.8, 4) is 5.75 Å². The fourth-order valence-electron chi connectivity index (χ4n) is 2.04. The van der Waals surface area contributed by atoms with Gasteiger partial charge in [0.1, 0.15) is 5.75 Å². The molecule has 0 amide bonds. The number of aromatic hydroxyl groups is 1. The molecule has 2 rings (SSSR count). The van der Waals surface area contributed by atoms with Gasteiger partial charge in [0.25, 0.3) is 0 Å². The third-order valence-corrected chi connectivity index (χ3v) is 3.29. The highest BCUT2D eigenvalue weighted by atomic mass is 16.5. The lowest BCUT2D eigenvalue weighted by atomic mass is 10.0. The maximum atomic E-state index is 11.5. The summed E-state index contributed by atoms with van der Waals surface area (Å²) in [5.74, 6) is -0.425. The van der Waals surface area contributed by atoms with E-state index < -0.39 is 5.97 Å². The SMILES string of the molecule is COC(=O)c1cc(O)c2c(C)c(C)c(C)nc2c1. The zero-order chi connectivity index (χ0) is 13.4. The van der Waals surface area contributed by atoms with E-state index in [1.807, 2.05) is 20.8 Å². The molecule has 4 heteroatoms. The molecule has 18 heavy (non-hydrogen) atoms. The third kappa shape index (κ3) is 1.79. The number of esters is 1. The first-order chi connectivity index (χ1) is 8.45. The Bertz CT molecular complexity index is 647. The van der Waals surface area contributed by atoms with Crippen LogP contribution in [0.3, 0.4) is 0 Å². The molecule has 0 saturated carbocycles. The van der Waals surface area contributed by atoms with Crippen molar-refractivity contribution in [1.82, 2.24) is 4.98 Å². The summed E-state index contributed by atoms with van der Waals surface area (Å²) in [6.07, 6.45) is 0. The number of pyridine rings is 1. The standard InChI is InChI=1S/C14H15NO3/c1-7-8(2)13-11(15-9(7)3)5-10(6-12(13)16)14(17)18-4/h5-6,16H,1-4H3. The molecule has 1 N–H and O–H groups in total. The number of carbonyl (C=O) groups excluding carboxylic acids is 1. The van der Waals surface area contributed by atoms with Crippen LogP contribution in [0.25, 0.3) is 10.9 Å². The van der Waals surface area contributed by atoms with Gasteiger partial charge in [-0.05, 0) is 44.0 Å². The van der Waals surface area contributed by atoms with Crippen molar-refractivity contribution >= 4 is 16.9 Å². The average molecular weight is 245 g/mol. The van der Waals surface area contributed by atoms with Gasteiger partial charge in [-0.3, -0.25) is 4.98 Å². The van der Waals surface area contributed by atoms with Crippen LogP contribution in [0.2, 0.25) is 0 Å². The second-order valence-electron chi connectivity index (χ2n) is 4.33. The molecule has 0 aliphatic rings. The molecule has 2 aromatic rings. The monoisotopic (exact) mass is 245 g/mol. The predicted molar refractivity (Wildman–Crippen MR) is 69.0 cm³/mol. The van der Waals surface area contributed by atoms with Crippen molar-refractivity contribution < 1.29 is 14.6 Å². The van der Waals surface area contributed by atoms with Gasteiger partial charge in [0.15, 0.2) is 0 Å². The van der Waals surface area contributed by atoms with E-state index >= 15 is 0 Å². The number of aryl methyl sites for hydroxylation is 2. The number of ether oxygens (including phenoxy) is 1. The Labute approximate surface area is 105 Å². The van der Waals surface area contributed by atoms with Crippen molar-refractivity contribution in [3.63, 3.8) is 0 Å². The van der Waals surface area contributed by atoms with E-state index in [4.69, 9.17) is 0 Å². The van der Waals surface area contributed by atoms with Crippen molar-refractivity contribution in [3.05, 3.63) is 34.5 Å². The Morgan fingerprint density at radius 3 is 2.50 bits per heavy atom. The number of phenolic OH excluding ortho intramolecular Hbond substituents is 1. The molecule has 0 saturated heterocycles. The minimum atomic E-state index is -0.482. The topological polar surface area (TPSA) is 59.4 Å². The molecule has 1 aromatic carbocycles. The van der Waals surface area contributed by atoms with Crippen molar-refractivity contribution in [2.75, 3.05) is 7.11 Å². The van der Waals surface area contributed by atoms with E-state index in [2.05, 4.69) is 9.72 Å². The van der Waals surface area contributed by atoms with Gasteiger partial charge < -0.3 is 9.84 Å². The van der Waals surface area contributed by atoms with Crippen LogP contribution >= 0.6 is 0 Å². The number of rotatable bonds is 1. The smallest absolute Gasteiger partial charge is 0.338 e. The molecule has 0 radical (unpaired) electrons. The van der Waals surface area contributed by atoms with Crippen LogP contribution in [0.5, 0.6) is 5.75 Å². The molecule has 0 spiro atoms. The Morgan fingerprint density at radius 2 is 1.89 bits per heavy atom. The summed E-state index contributed by atoms with van der Waals surface area (Å²) in [5.41, 5.74) is 3.82. The number of nitrogens with zero attached hydrogens (tertiary/aromatic N) is 1. The Balaban J connectivity index is 2.82. The highest BCUT2D eigenvalue weighted by Gasteiger charge is 2.14. The number of aromatic nitrogens is 1. The summed E-state index contributed by atoms with van der Waals surface area (Å²) < 4.78 is 4.65. The number of hydrogen-bond acceptors (Lipinski definition) is 4. The van der Waals surface area contributed by atoms with E-state index in [1.54, 1.807) is 6.07 Å². The number of phenols is 1. The zero-order valence-electron chi connectivity index (χ0n) is 10.9. The second kappa shape index (κ2) is 4.29. The van der Waals surface area contributed by atoms with Gasteiger partial charge in [0.05, 0.1) is 18.2 Å². The first-order valence-corrected chi connectivity index (χ1v) is 5.64. The molecular weight excluding hydrogens is 230 g/mol. The average Bonchev–Trinajstić information content (AvgIpc) is 2.34. The second-order valence-corrected chi connectivity index (χ2v) is 4.33. The summed E-state index contributed by atoms with van der Waals surface area (Å²) in [4.78, 5) is 15.9. The lowest BCUT2D eigenvalue weighted by Gasteiger charge is -2.11. The Morgan fingerprint density at radius 1 is 1.22 bits per heavy atom. The first-order valence-electron chi connectivity index (χ1n) is 5.64. The van der Waals surface area contributed by atoms with Crippen molar-refractivity contribution in [2.24, 2.45) is 0 Å². The molecule has 0 aliphatic carbocycles. The van der Waals surface area contributed by atoms with Crippen molar-refractivity contribution in [1.29, 1.82) is 0 Å². The highest BCUT2D eigenvalue weighted by Crippen LogP contribution is 2.31.